The molecule has 4 heteroatoms. The summed E-state index contributed by atoms with van der Waals surface area (Å²) in [4.78, 5) is 4.27. The highest BCUT2D eigenvalue weighted by molar-refractivity contribution is 9.10. The van der Waals surface area contributed by atoms with Gasteiger partial charge in [0.1, 0.15) is 0 Å². The van der Waals surface area contributed by atoms with Crippen molar-refractivity contribution >= 4 is 31.9 Å². The van der Waals surface area contributed by atoms with Crippen LogP contribution in [0.4, 0.5) is 0 Å². The number of hydrogen-bond donors (Lipinski definition) is 1. The molecule has 18 heavy (non-hydrogen) atoms. The van der Waals surface area contributed by atoms with Crippen LogP contribution in [0.1, 0.15) is 22.9 Å². The van der Waals surface area contributed by atoms with E-state index in [1.807, 2.05) is 37.3 Å². The lowest BCUT2D eigenvalue weighted by atomic mass is 10.0. The van der Waals surface area contributed by atoms with Gasteiger partial charge in [-0.05, 0) is 52.2 Å². The summed E-state index contributed by atoms with van der Waals surface area (Å²) in [6, 6.07) is 9.75. The molecule has 94 valence electrons. The first-order valence-corrected chi connectivity index (χ1v) is 7.19. The standard InChI is InChI=1S/C14H13Br2NO/c1-9-2-3-10(6-13(9)16)14(18)7-12-5-4-11(15)8-17-12/h2-6,8,14,18H,7H2,1H3. The third kappa shape index (κ3) is 3.40. The summed E-state index contributed by atoms with van der Waals surface area (Å²) in [6.45, 7) is 2.02. The number of aliphatic hydroxyl groups is 1. The van der Waals surface area contributed by atoms with Crippen LogP contribution in [-0.2, 0) is 6.42 Å². The van der Waals surface area contributed by atoms with Crippen molar-refractivity contribution in [2.45, 2.75) is 19.4 Å². The van der Waals surface area contributed by atoms with Crippen LogP contribution in [0.25, 0.3) is 0 Å². The Kier molecular flexibility index (Phi) is 4.54. The molecule has 0 radical (unpaired) electrons. The van der Waals surface area contributed by atoms with E-state index in [2.05, 4.69) is 36.8 Å². The fourth-order valence-electron chi connectivity index (χ4n) is 1.66. The van der Waals surface area contributed by atoms with Crippen LogP contribution in [0.15, 0.2) is 45.5 Å². The van der Waals surface area contributed by atoms with E-state index in [4.69, 9.17) is 0 Å². The number of pyridine rings is 1. The minimum absolute atomic E-state index is 0.517. The van der Waals surface area contributed by atoms with Crippen LogP contribution >= 0.6 is 31.9 Å². The second kappa shape index (κ2) is 5.95. The van der Waals surface area contributed by atoms with Gasteiger partial charge in [0.2, 0.25) is 0 Å². The van der Waals surface area contributed by atoms with Gasteiger partial charge in [-0.1, -0.05) is 28.1 Å². The van der Waals surface area contributed by atoms with Gasteiger partial charge in [0.15, 0.2) is 0 Å². The van der Waals surface area contributed by atoms with Gasteiger partial charge >= 0.3 is 0 Å². The van der Waals surface area contributed by atoms with Crippen LogP contribution in [0, 0.1) is 6.92 Å². The van der Waals surface area contributed by atoms with Crippen LogP contribution in [-0.4, -0.2) is 10.1 Å². The van der Waals surface area contributed by atoms with E-state index in [1.54, 1.807) is 6.20 Å². The number of nitrogens with zero attached hydrogens (tertiary/aromatic N) is 1. The molecule has 0 fully saturated rings. The van der Waals surface area contributed by atoms with Crippen LogP contribution in [0.2, 0.25) is 0 Å². The van der Waals surface area contributed by atoms with Crippen LogP contribution in [0.3, 0.4) is 0 Å². The summed E-state index contributed by atoms with van der Waals surface area (Å²) >= 11 is 6.82. The highest BCUT2D eigenvalue weighted by Crippen LogP contribution is 2.24. The molecule has 0 aliphatic carbocycles. The smallest absolute Gasteiger partial charge is 0.0845 e. The van der Waals surface area contributed by atoms with E-state index >= 15 is 0 Å². The molecule has 0 amide bonds. The number of halogens is 2. The normalized spacial score (nSPS) is 12.4. The van der Waals surface area contributed by atoms with E-state index < -0.39 is 6.10 Å². The average Bonchev–Trinajstić information content (AvgIpc) is 2.35. The largest absolute Gasteiger partial charge is 0.388 e. The van der Waals surface area contributed by atoms with E-state index in [-0.39, 0.29) is 0 Å². The molecule has 0 aliphatic rings. The van der Waals surface area contributed by atoms with Gasteiger partial charge in [0.05, 0.1) is 6.10 Å². The van der Waals surface area contributed by atoms with Crippen molar-refractivity contribution in [1.82, 2.24) is 4.98 Å². The molecule has 1 heterocycles. The Morgan fingerprint density at radius 2 is 2.00 bits per heavy atom. The first kappa shape index (κ1) is 13.7. The third-order valence-corrected chi connectivity index (χ3v) is 4.10. The summed E-state index contributed by atoms with van der Waals surface area (Å²) < 4.78 is 1.96. The highest BCUT2D eigenvalue weighted by atomic mass is 79.9. The molecular weight excluding hydrogens is 358 g/mol. The first-order valence-electron chi connectivity index (χ1n) is 5.61. The quantitative estimate of drug-likeness (QED) is 0.878. The second-order valence-corrected chi connectivity index (χ2v) is 5.97. The first-order chi connectivity index (χ1) is 8.56. The molecule has 0 spiro atoms. The molecule has 1 aromatic carbocycles. The Labute approximate surface area is 123 Å². The minimum Gasteiger partial charge on any atom is -0.388 e. The van der Waals surface area contributed by atoms with Crippen molar-refractivity contribution in [3.8, 4) is 0 Å². The number of hydrogen-bond acceptors (Lipinski definition) is 2. The van der Waals surface area contributed by atoms with Gasteiger partial charge in [-0.2, -0.15) is 0 Å². The lowest BCUT2D eigenvalue weighted by molar-refractivity contribution is 0.177. The molecule has 0 aliphatic heterocycles. The molecule has 2 rings (SSSR count). The van der Waals surface area contributed by atoms with E-state index in [9.17, 15) is 5.11 Å². The molecule has 1 aromatic heterocycles. The maximum Gasteiger partial charge on any atom is 0.0845 e. The Balaban J connectivity index is 2.13. The number of aromatic nitrogens is 1. The fourth-order valence-corrected chi connectivity index (χ4v) is 2.29. The topological polar surface area (TPSA) is 33.1 Å². The number of aliphatic hydroxyl groups excluding tert-OH is 1. The number of benzene rings is 1. The van der Waals surface area contributed by atoms with Gasteiger partial charge in [-0.25, -0.2) is 0 Å². The third-order valence-electron chi connectivity index (χ3n) is 2.77. The molecule has 0 saturated carbocycles. The molecule has 0 saturated heterocycles. The average molecular weight is 371 g/mol. The Hall–Kier alpha value is -0.710. The van der Waals surface area contributed by atoms with Crippen molar-refractivity contribution in [2.24, 2.45) is 0 Å². The molecule has 1 atom stereocenters. The zero-order chi connectivity index (χ0) is 13.1. The summed E-state index contributed by atoms with van der Waals surface area (Å²) in [5.41, 5.74) is 2.94. The lowest BCUT2D eigenvalue weighted by Gasteiger charge is -2.12. The Morgan fingerprint density at radius 1 is 1.22 bits per heavy atom. The van der Waals surface area contributed by atoms with Crippen LogP contribution < -0.4 is 0 Å². The van der Waals surface area contributed by atoms with Gasteiger partial charge in [0, 0.05) is 27.3 Å². The monoisotopic (exact) mass is 369 g/mol. The molecule has 0 bridgehead atoms. The van der Waals surface area contributed by atoms with E-state index in [0.29, 0.717) is 6.42 Å². The van der Waals surface area contributed by atoms with Crippen molar-refractivity contribution in [2.75, 3.05) is 0 Å². The highest BCUT2D eigenvalue weighted by Gasteiger charge is 2.10. The molecule has 2 nitrogen and oxygen atoms in total. The zero-order valence-corrected chi connectivity index (χ0v) is 13.1. The molecule has 1 N–H and O–H groups in total. The van der Waals surface area contributed by atoms with E-state index in [1.165, 1.54) is 0 Å². The van der Waals surface area contributed by atoms with Gasteiger partial charge in [-0.15, -0.1) is 0 Å². The lowest BCUT2D eigenvalue weighted by Crippen LogP contribution is -2.03. The SMILES string of the molecule is Cc1ccc(C(O)Cc2ccc(Br)cn2)cc1Br. The Bertz CT molecular complexity index is 540. The fraction of sp³-hybridized carbons (Fsp3) is 0.214. The predicted molar refractivity (Wildman–Crippen MR) is 79.5 cm³/mol. The molecule has 2 aromatic rings. The summed E-state index contributed by atoms with van der Waals surface area (Å²) in [5.74, 6) is 0. The van der Waals surface area contributed by atoms with Gasteiger partial charge < -0.3 is 5.11 Å². The number of rotatable bonds is 3. The van der Waals surface area contributed by atoms with Crippen molar-refractivity contribution < 1.29 is 5.11 Å². The van der Waals surface area contributed by atoms with Crippen molar-refractivity contribution in [1.29, 1.82) is 0 Å². The van der Waals surface area contributed by atoms with Crippen molar-refractivity contribution in [3.05, 3.63) is 62.3 Å². The zero-order valence-electron chi connectivity index (χ0n) is 9.90. The summed E-state index contributed by atoms with van der Waals surface area (Å²) in [7, 11) is 0. The molecule has 1 unspecified atom stereocenters. The molecular formula is C14H13Br2NO. The summed E-state index contributed by atoms with van der Waals surface area (Å²) in [5, 5.41) is 10.2. The second-order valence-electron chi connectivity index (χ2n) is 4.20. The maximum absolute atomic E-state index is 10.2. The number of aryl methyl sites for hydroxylation is 1. The van der Waals surface area contributed by atoms with E-state index in [0.717, 1.165) is 25.8 Å². The predicted octanol–water partition coefficient (Wildman–Crippen LogP) is 4.19. The van der Waals surface area contributed by atoms with Gasteiger partial charge in [0.25, 0.3) is 0 Å². The minimum atomic E-state index is -0.532. The van der Waals surface area contributed by atoms with Crippen molar-refractivity contribution in [3.63, 3.8) is 0 Å². The van der Waals surface area contributed by atoms with Gasteiger partial charge in [-0.3, -0.25) is 4.98 Å². The van der Waals surface area contributed by atoms with Crippen LogP contribution in [0.5, 0.6) is 0 Å². The Morgan fingerprint density at radius 3 is 2.61 bits per heavy atom. The summed E-state index contributed by atoms with van der Waals surface area (Å²) in [6.07, 6.45) is 1.73. The maximum atomic E-state index is 10.2.